The van der Waals surface area contributed by atoms with Crippen molar-refractivity contribution in [1.82, 2.24) is 19.6 Å². The Morgan fingerprint density at radius 2 is 1.84 bits per heavy atom. The largest absolute Gasteiger partial charge is 0.505 e. The van der Waals surface area contributed by atoms with Crippen LogP contribution in [-0.4, -0.2) is 43.0 Å². The van der Waals surface area contributed by atoms with Gasteiger partial charge in [0.2, 0.25) is 5.13 Å². The number of carbonyl (C=O) groups excluding carboxylic acids is 2. The van der Waals surface area contributed by atoms with Crippen molar-refractivity contribution in [2.45, 2.75) is 36.9 Å². The lowest BCUT2D eigenvalue weighted by Gasteiger charge is -2.22. The Bertz CT molecular complexity index is 1900. The van der Waals surface area contributed by atoms with Crippen LogP contribution in [0.4, 0.5) is 9.52 Å². The van der Waals surface area contributed by atoms with Gasteiger partial charge in [-0.25, -0.2) is 9.37 Å². The van der Waals surface area contributed by atoms with Crippen LogP contribution in [0.1, 0.15) is 41.0 Å². The molecule has 1 unspecified atom stereocenters. The monoisotopic (exact) mass is 615 g/mol. The van der Waals surface area contributed by atoms with E-state index in [0.29, 0.717) is 44.9 Å². The molecule has 0 radical (unpaired) electrons. The third-order valence-electron chi connectivity index (χ3n) is 7.17. The van der Waals surface area contributed by atoms with Crippen molar-refractivity contribution >= 4 is 51.3 Å². The van der Waals surface area contributed by atoms with Gasteiger partial charge >= 0.3 is 5.91 Å². The molecule has 43 heavy (non-hydrogen) atoms. The molecule has 1 atom stereocenters. The maximum absolute atomic E-state index is 14.1. The summed E-state index contributed by atoms with van der Waals surface area (Å²) in [6.45, 7) is 6.05. The Labute approximate surface area is 254 Å². The first-order chi connectivity index (χ1) is 20.8. The molecule has 0 aliphatic carbocycles. The molecule has 5 aromatic rings. The Morgan fingerprint density at radius 3 is 2.56 bits per heavy atom. The van der Waals surface area contributed by atoms with Crippen molar-refractivity contribution in [3.8, 4) is 5.75 Å². The number of amides is 1. The van der Waals surface area contributed by atoms with Gasteiger partial charge in [0.15, 0.2) is 10.1 Å². The number of pyridine rings is 1. The highest BCUT2D eigenvalue weighted by Gasteiger charge is 2.49. The molecule has 9 nitrogen and oxygen atoms in total. The number of hydrogen-bond acceptors (Lipinski definition) is 9. The number of fused-ring (bicyclic) bond motifs is 1. The number of rotatable bonds is 8. The highest BCUT2D eigenvalue weighted by molar-refractivity contribution is 8.00. The molecule has 3 aromatic heterocycles. The minimum atomic E-state index is -1.00. The second-order valence-corrected chi connectivity index (χ2v) is 12.0. The molecule has 12 heteroatoms. The molecular weight excluding hydrogens is 590 g/mol. The molecule has 218 valence electrons. The van der Waals surface area contributed by atoms with Crippen LogP contribution in [0, 0.1) is 19.7 Å². The smallest absolute Gasteiger partial charge is 0.301 e. The number of anilines is 1. The van der Waals surface area contributed by atoms with Crippen molar-refractivity contribution in [3.63, 3.8) is 0 Å². The molecule has 0 bridgehead atoms. The predicted molar refractivity (Wildman–Crippen MR) is 163 cm³/mol. The molecule has 1 amide bonds. The normalized spacial score (nSPS) is 16.4. The first-order valence-corrected chi connectivity index (χ1v) is 15.3. The summed E-state index contributed by atoms with van der Waals surface area (Å²) in [5.41, 5.74) is 3.33. The highest BCUT2D eigenvalue weighted by Crippen LogP contribution is 2.44. The van der Waals surface area contributed by atoms with Crippen molar-refractivity contribution in [3.05, 3.63) is 106 Å². The number of aliphatic hydroxyl groups is 1. The van der Waals surface area contributed by atoms with Crippen molar-refractivity contribution < 1.29 is 23.8 Å². The molecule has 0 saturated carbocycles. The van der Waals surface area contributed by atoms with E-state index in [0.717, 1.165) is 16.9 Å². The lowest BCUT2D eigenvalue weighted by Crippen LogP contribution is -2.29. The second kappa shape index (κ2) is 11.6. The van der Waals surface area contributed by atoms with Gasteiger partial charge in [0.05, 0.1) is 23.9 Å². The predicted octanol–water partition coefficient (Wildman–Crippen LogP) is 6.26. The van der Waals surface area contributed by atoms with Crippen LogP contribution in [-0.2, 0) is 15.3 Å². The van der Waals surface area contributed by atoms with Gasteiger partial charge in [-0.05, 0) is 61.7 Å². The van der Waals surface area contributed by atoms with Gasteiger partial charge in [-0.2, -0.15) is 0 Å². The number of imidazole rings is 1. The number of aryl methyl sites for hydroxylation is 2. The highest BCUT2D eigenvalue weighted by atomic mass is 32.2. The van der Waals surface area contributed by atoms with E-state index in [2.05, 4.69) is 15.2 Å². The molecule has 0 spiro atoms. The molecule has 1 fully saturated rings. The Kier molecular flexibility index (Phi) is 7.72. The molecule has 6 rings (SSSR count). The maximum Gasteiger partial charge on any atom is 0.301 e. The van der Waals surface area contributed by atoms with Crippen LogP contribution in [0.15, 0.2) is 76.8 Å². The van der Waals surface area contributed by atoms with E-state index < -0.39 is 17.7 Å². The van der Waals surface area contributed by atoms with Crippen LogP contribution >= 0.6 is 23.1 Å². The number of benzene rings is 2. The minimum Gasteiger partial charge on any atom is -0.505 e. The van der Waals surface area contributed by atoms with Crippen molar-refractivity contribution in [2.24, 2.45) is 0 Å². The van der Waals surface area contributed by atoms with Gasteiger partial charge in [-0.15, -0.1) is 10.2 Å². The summed E-state index contributed by atoms with van der Waals surface area (Å²) in [6.07, 6.45) is 1.83. The first kappa shape index (κ1) is 28.6. The summed E-state index contributed by atoms with van der Waals surface area (Å²) in [5.74, 6) is -1.47. The van der Waals surface area contributed by atoms with Crippen molar-refractivity contribution in [2.75, 3.05) is 11.5 Å². The summed E-state index contributed by atoms with van der Waals surface area (Å²) in [5, 5.41) is 20.3. The Balaban J connectivity index is 1.44. The van der Waals surface area contributed by atoms with Crippen LogP contribution in [0.2, 0.25) is 0 Å². The number of aromatic nitrogens is 4. The van der Waals surface area contributed by atoms with Crippen LogP contribution in [0.25, 0.3) is 11.4 Å². The number of carbonyl (C=O) groups is 2. The van der Waals surface area contributed by atoms with Gasteiger partial charge in [-0.1, -0.05) is 59.5 Å². The average Bonchev–Trinajstić information content (AvgIpc) is 3.68. The number of thioether (sulfide) groups is 1. The van der Waals surface area contributed by atoms with Gasteiger partial charge in [-0.3, -0.25) is 14.5 Å². The van der Waals surface area contributed by atoms with Gasteiger partial charge < -0.3 is 14.2 Å². The van der Waals surface area contributed by atoms with E-state index in [-0.39, 0.29) is 28.0 Å². The lowest BCUT2D eigenvalue weighted by atomic mass is 9.96. The second-order valence-electron chi connectivity index (χ2n) is 9.83. The van der Waals surface area contributed by atoms with Crippen LogP contribution < -0.4 is 9.64 Å². The summed E-state index contributed by atoms with van der Waals surface area (Å²) >= 11 is 2.39. The van der Waals surface area contributed by atoms with E-state index >= 15 is 0 Å². The van der Waals surface area contributed by atoms with Crippen LogP contribution in [0.5, 0.6) is 5.75 Å². The summed E-state index contributed by atoms with van der Waals surface area (Å²) in [6, 6.07) is 16.2. The van der Waals surface area contributed by atoms with E-state index in [4.69, 9.17) is 4.74 Å². The van der Waals surface area contributed by atoms with Crippen LogP contribution in [0.3, 0.4) is 0 Å². The Hall–Kier alpha value is -4.55. The standard InChI is InChI=1S/C31H26FN5O4S2/c1-4-41-21-13-11-19(12-14-21)25-23(26(38)24-18(3)36-15-7-8-17(2)28(36)33-24)27(39)29(40)37(25)30-34-35-31(43-30)42-16-20-9-5-6-10-22(20)32/h5-15,25,38H,4,16H2,1-3H3. The number of ketones is 1. The fourth-order valence-corrected chi connectivity index (χ4v) is 6.90. The molecule has 2 aromatic carbocycles. The fraction of sp³-hybridized carbons (Fsp3) is 0.194. The first-order valence-electron chi connectivity index (χ1n) is 13.5. The number of ether oxygens (including phenoxy) is 1. The third-order valence-corrected chi connectivity index (χ3v) is 9.28. The zero-order valence-corrected chi connectivity index (χ0v) is 25.1. The topological polar surface area (TPSA) is 110 Å². The fourth-order valence-electron chi connectivity index (χ4n) is 5.05. The molecule has 1 aliphatic rings. The maximum atomic E-state index is 14.1. The third kappa shape index (κ3) is 5.17. The summed E-state index contributed by atoms with van der Waals surface area (Å²) in [7, 11) is 0. The van der Waals surface area contributed by atoms with Gasteiger partial charge in [0.25, 0.3) is 5.78 Å². The van der Waals surface area contributed by atoms with E-state index in [1.54, 1.807) is 49.4 Å². The van der Waals surface area contributed by atoms with Gasteiger partial charge in [0.1, 0.15) is 22.9 Å². The SMILES string of the molecule is CCOc1ccc(C2C(=C(O)c3nc4c(C)cccn4c3C)C(=O)C(=O)N2c2nnc(SCc3ccccc3F)s2)cc1. The zero-order valence-electron chi connectivity index (χ0n) is 23.4. The number of Topliss-reactive ketones (excluding diaryl/α,β-unsaturated/α-hetero) is 1. The average molecular weight is 616 g/mol. The molecule has 1 N–H and O–H groups in total. The molecule has 1 aliphatic heterocycles. The van der Waals surface area contributed by atoms with Crippen molar-refractivity contribution in [1.29, 1.82) is 0 Å². The number of nitrogens with zero attached hydrogens (tertiary/aromatic N) is 5. The van der Waals surface area contributed by atoms with E-state index in [1.165, 1.54) is 22.7 Å². The minimum absolute atomic E-state index is 0.103. The number of halogens is 1. The van der Waals surface area contributed by atoms with Gasteiger partial charge in [0, 0.05) is 11.9 Å². The molecular formula is C31H26FN5O4S2. The molecule has 4 heterocycles. The number of hydrogen-bond donors (Lipinski definition) is 1. The zero-order chi connectivity index (χ0) is 30.2. The quantitative estimate of drug-likeness (QED) is 0.0717. The Morgan fingerprint density at radius 1 is 1.07 bits per heavy atom. The lowest BCUT2D eigenvalue weighted by molar-refractivity contribution is -0.132. The van der Waals surface area contributed by atoms with E-state index in [1.807, 2.05) is 36.6 Å². The number of aliphatic hydroxyl groups excluding tert-OH is 1. The summed E-state index contributed by atoms with van der Waals surface area (Å²) in [4.78, 5) is 33.2. The summed E-state index contributed by atoms with van der Waals surface area (Å²) < 4.78 is 22.1. The molecule has 1 saturated heterocycles. The van der Waals surface area contributed by atoms with E-state index in [9.17, 15) is 19.1 Å².